The van der Waals surface area contributed by atoms with Crippen molar-refractivity contribution in [2.45, 2.75) is 38.1 Å². The largest absolute Gasteiger partial charge is 0.456 e. The number of amides is 1. The van der Waals surface area contributed by atoms with E-state index in [2.05, 4.69) is 0 Å². The van der Waals surface area contributed by atoms with Gasteiger partial charge in [-0.2, -0.15) is 13.2 Å². The first-order chi connectivity index (χ1) is 13.9. The van der Waals surface area contributed by atoms with Crippen molar-refractivity contribution >= 4 is 23.3 Å². The number of aliphatic hydroxyl groups is 1. The van der Waals surface area contributed by atoms with Gasteiger partial charge in [-0.15, -0.1) is 0 Å². The normalized spacial score (nSPS) is 20.0. The zero-order valence-electron chi connectivity index (χ0n) is 16.5. The van der Waals surface area contributed by atoms with Gasteiger partial charge in [0.05, 0.1) is 5.70 Å². The van der Waals surface area contributed by atoms with Gasteiger partial charge in [-0.3, -0.25) is 9.69 Å². The van der Waals surface area contributed by atoms with E-state index in [9.17, 15) is 27.9 Å². The summed E-state index contributed by atoms with van der Waals surface area (Å²) in [5.74, 6) is -3.12. The Morgan fingerprint density at radius 2 is 1.47 bits per heavy atom. The Morgan fingerprint density at radius 3 is 1.93 bits per heavy atom. The van der Waals surface area contributed by atoms with Crippen molar-refractivity contribution in [3.8, 4) is 0 Å². The molecule has 5 nitrogen and oxygen atoms in total. The molecule has 158 valence electrons. The molecule has 1 amide bonds. The Morgan fingerprint density at radius 1 is 0.967 bits per heavy atom. The van der Waals surface area contributed by atoms with Crippen molar-refractivity contribution in [3.05, 3.63) is 71.8 Å². The molecule has 0 saturated carbocycles. The van der Waals surface area contributed by atoms with Crippen LogP contribution in [0.3, 0.4) is 0 Å². The molecule has 0 aliphatic carbocycles. The monoisotopic (exact) mass is 419 g/mol. The van der Waals surface area contributed by atoms with Gasteiger partial charge in [-0.05, 0) is 38.5 Å². The smallest absolute Gasteiger partial charge is 0.431 e. The van der Waals surface area contributed by atoms with Crippen molar-refractivity contribution in [1.29, 1.82) is 0 Å². The summed E-state index contributed by atoms with van der Waals surface area (Å²) < 4.78 is 47.4. The van der Waals surface area contributed by atoms with Crippen LogP contribution in [0.5, 0.6) is 0 Å². The predicted molar refractivity (Wildman–Crippen MR) is 104 cm³/mol. The second-order valence-corrected chi connectivity index (χ2v) is 7.78. The predicted octanol–water partition coefficient (Wildman–Crippen LogP) is 4.08. The second-order valence-electron chi connectivity index (χ2n) is 7.78. The third-order valence-electron chi connectivity index (χ3n) is 4.41. The minimum absolute atomic E-state index is 0.0718. The van der Waals surface area contributed by atoms with Gasteiger partial charge < -0.3 is 9.84 Å². The number of hydrogen-bond acceptors (Lipinski definition) is 4. The van der Waals surface area contributed by atoms with Crippen LogP contribution in [0.1, 0.15) is 26.3 Å². The van der Waals surface area contributed by atoms with E-state index in [1.54, 1.807) is 24.3 Å². The molecule has 0 bridgehead atoms. The molecule has 1 aliphatic heterocycles. The van der Waals surface area contributed by atoms with E-state index in [1.807, 2.05) is 0 Å². The SMILES string of the molecule is CC(C)(C)OC(=O)C1=C(c2ccccc2)N(c2ccccc2)C(=O)C1(O)C(F)(F)F. The highest BCUT2D eigenvalue weighted by molar-refractivity contribution is 6.25. The molecule has 0 spiro atoms. The Balaban J connectivity index is 2.38. The van der Waals surface area contributed by atoms with Crippen LogP contribution in [0.2, 0.25) is 0 Å². The van der Waals surface area contributed by atoms with Crippen molar-refractivity contribution in [3.63, 3.8) is 0 Å². The number of hydrogen-bond donors (Lipinski definition) is 1. The fraction of sp³-hybridized carbons (Fsp3) is 0.273. The summed E-state index contributed by atoms with van der Waals surface area (Å²) in [5, 5.41) is 10.7. The highest BCUT2D eigenvalue weighted by Gasteiger charge is 2.70. The van der Waals surface area contributed by atoms with E-state index >= 15 is 0 Å². The van der Waals surface area contributed by atoms with Gasteiger partial charge in [-0.1, -0.05) is 48.5 Å². The summed E-state index contributed by atoms with van der Waals surface area (Å²) >= 11 is 0. The van der Waals surface area contributed by atoms with Crippen LogP contribution in [0, 0.1) is 0 Å². The van der Waals surface area contributed by atoms with E-state index in [0.717, 1.165) is 0 Å². The van der Waals surface area contributed by atoms with E-state index in [-0.39, 0.29) is 16.9 Å². The van der Waals surface area contributed by atoms with Crippen molar-refractivity contribution < 1.29 is 32.6 Å². The Hall–Kier alpha value is -3.13. The van der Waals surface area contributed by atoms with Crippen LogP contribution in [0.4, 0.5) is 18.9 Å². The first-order valence-corrected chi connectivity index (χ1v) is 9.10. The maximum Gasteiger partial charge on any atom is 0.431 e. The van der Waals surface area contributed by atoms with E-state index in [4.69, 9.17) is 4.74 Å². The number of ether oxygens (including phenoxy) is 1. The first-order valence-electron chi connectivity index (χ1n) is 9.10. The Bertz CT molecular complexity index is 995. The van der Waals surface area contributed by atoms with Gasteiger partial charge in [0, 0.05) is 5.69 Å². The first kappa shape index (κ1) is 21.6. The molecular weight excluding hydrogens is 399 g/mol. The molecule has 1 unspecified atom stereocenters. The molecule has 2 aromatic carbocycles. The zero-order valence-corrected chi connectivity index (χ0v) is 16.5. The number of carbonyl (C=O) groups is 2. The molecule has 0 aromatic heterocycles. The third kappa shape index (κ3) is 3.59. The van der Waals surface area contributed by atoms with E-state index in [1.165, 1.54) is 57.2 Å². The average molecular weight is 419 g/mol. The third-order valence-corrected chi connectivity index (χ3v) is 4.41. The molecule has 0 saturated heterocycles. The van der Waals surface area contributed by atoms with Gasteiger partial charge in [-0.25, -0.2) is 4.79 Å². The maximum absolute atomic E-state index is 14.1. The second kappa shape index (κ2) is 7.28. The summed E-state index contributed by atoms with van der Waals surface area (Å²) in [7, 11) is 0. The fourth-order valence-corrected chi connectivity index (χ4v) is 3.18. The molecule has 1 aliphatic rings. The summed E-state index contributed by atoms with van der Waals surface area (Å²) in [6, 6.07) is 15.1. The number of esters is 1. The molecule has 3 rings (SSSR count). The van der Waals surface area contributed by atoms with Crippen molar-refractivity contribution in [1.82, 2.24) is 0 Å². The number of carbonyl (C=O) groups excluding carboxylic acids is 2. The van der Waals surface area contributed by atoms with E-state index in [0.29, 0.717) is 4.90 Å². The number of nitrogens with zero attached hydrogens (tertiary/aromatic N) is 1. The quantitative estimate of drug-likeness (QED) is 0.762. The number of alkyl halides is 3. The molecule has 30 heavy (non-hydrogen) atoms. The van der Waals surface area contributed by atoms with Crippen LogP contribution < -0.4 is 4.90 Å². The molecule has 1 atom stereocenters. The van der Waals surface area contributed by atoms with Crippen LogP contribution >= 0.6 is 0 Å². The number of rotatable bonds is 3. The number of para-hydroxylation sites is 1. The number of benzene rings is 2. The zero-order chi connectivity index (χ0) is 22.3. The maximum atomic E-state index is 14.1. The molecule has 2 aromatic rings. The minimum atomic E-state index is -5.46. The fourth-order valence-electron chi connectivity index (χ4n) is 3.18. The van der Waals surface area contributed by atoms with Gasteiger partial charge >= 0.3 is 12.1 Å². The highest BCUT2D eigenvalue weighted by atomic mass is 19.4. The summed E-state index contributed by atoms with van der Waals surface area (Å²) in [6.07, 6.45) is -5.46. The van der Waals surface area contributed by atoms with Crippen molar-refractivity contribution in [2.75, 3.05) is 4.90 Å². The van der Waals surface area contributed by atoms with Crippen LogP contribution in [-0.2, 0) is 14.3 Å². The lowest BCUT2D eigenvalue weighted by Gasteiger charge is -2.28. The van der Waals surface area contributed by atoms with Gasteiger partial charge in [0.15, 0.2) is 0 Å². The van der Waals surface area contributed by atoms with E-state index < -0.39 is 34.8 Å². The van der Waals surface area contributed by atoms with Gasteiger partial charge in [0.1, 0.15) is 11.2 Å². The molecule has 0 fully saturated rings. The average Bonchev–Trinajstić information content (AvgIpc) is 2.90. The Kier molecular flexibility index (Phi) is 5.24. The summed E-state index contributed by atoms with van der Waals surface area (Å²) in [5.41, 5.74) is -6.53. The minimum Gasteiger partial charge on any atom is -0.456 e. The van der Waals surface area contributed by atoms with Crippen LogP contribution in [0.25, 0.3) is 5.70 Å². The van der Waals surface area contributed by atoms with Gasteiger partial charge in [0.25, 0.3) is 11.5 Å². The van der Waals surface area contributed by atoms with Crippen LogP contribution in [-0.4, -0.2) is 34.4 Å². The molecule has 0 radical (unpaired) electrons. The topological polar surface area (TPSA) is 66.8 Å². The van der Waals surface area contributed by atoms with Crippen LogP contribution in [0.15, 0.2) is 66.2 Å². The number of anilines is 1. The molecular formula is C22H20F3NO4. The van der Waals surface area contributed by atoms with Crippen molar-refractivity contribution in [2.24, 2.45) is 0 Å². The lowest BCUT2D eigenvalue weighted by molar-refractivity contribution is -0.236. The molecule has 1 N–H and O–H groups in total. The Labute approximate surface area is 171 Å². The highest BCUT2D eigenvalue weighted by Crippen LogP contribution is 2.49. The summed E-state index contributed by atoms with van der Waals surface area (Å²) in [6.45, 7) is 4.43. The van der Waals surface area contributed by atoms with Gasteiger partial charge in [0.2, 0.25) is 0 Å². The molecule has 1 heterocycles. The molecule has 8 heteroatoms. The summed E-state index contributed by atoms with van der Waals surface area (Å²) in [4.78, 5) is 26.7. The number of halogens is 3. The lowest BCUT2D eigenvalue weighted by atomic mass is 9.92. The lowest BCUT2D eigenvalue weighted by Crippen LogP contribution is -2.56. The standard InChI is InChI=1S/C22H20F3NO4/c1-20(2,3)30-18(27)16-17(14-10-6-4-7-11-14)26(15-12-8-5-9-13-15)19(28)21(16,29)22(23,24)25/h4-13,29H,1-3H3.